The van der Waals surface area contributed by atoms with Crippen molar-refractivity contribution in [2.24, 2.45) is 5.73 Å². The maximum atomic E-state index is 11.0. The van der Waals surface area contributed by atoms with Crippen molar-refractivity contribution >= 4 is 5.97 Å². The van der Waals surface area contributed by atoms with Crippen LogP contribution in [0.25, 0.3) is 0 Å². The number of esters is 1. The van der Waals surface area contributed by atoms with Crippen molar-refractivity contribution in [1.29, 1.82) is 0 Å². The Bertz CT molecular complexity index is 147. The maximum Gasteiger partial charge on any atom is 0.335 e. The molecule has 72 valence electrons. The molecule has 3 atom stereocenters. The van der Waals surface area contributed by atoms with Crippen LogP contribution in [0, 0.1) is 0 Å². The summed E-state index contributed by atoms with van der Waals surface area (Å²) >= 11 is 0. The zero-order valence-electron chi connectivity index (χ0n) is 7.78. The molecule has 0 aromatic heterocycles. The summed E-state index contributed by atoms with van der Waals surface area (Å²) in [5, 5.41) is 9.04. The van der Waals surface area contributed by atoms with E-state index >= 15 is 0 Å². The van der Waals surface area contributed by atoms with Crippen LogP contribution in [0.3, 0.4) is 0 Å². The molecule has 3 unspecified atom stereocenters. The fourth-order valence-corrected chi connectivity index (χ4v) is 0.536. The number of ether oxygens (including phenoxy) is 1. The summed E-state index contributed by atoms with van der Waals surface area (Å²) in [7, 11) is 0. The van der Waals surface area contributed by atoms with Crippen molar-refractivity contribution < 1.29 is 14.6 Å². The largest absolute Gasteiger partial charge is 0.459 e. The molecule has 0 aromatic rings. The third-order valence-electron chi connectivity index (χ3n) is 1.70. The summed E-state index contributed by atoms with van der Waals surface area (Å²) in [5.74, 6) is -0.595. The van der Waals surface area contributed by atoms with Crippen LogP contribution in [0.2, 0.25) is 0 Å². The van der Waals surface area contributed by atoms with Crippen molar-refractivity contribution in [3.63, 3.8) is 0 Å². The van der Waals surface area contributed by atoms with E-state index in [4.69, 9.17) is 15.6 Å². The Morgan fingerprint density at radius 3 is 2.42 bits per heavy atom. The fraction of sp³-hybridized carbons (Fsp3) is 0.875. The van der Waals surface area contributed by atoms with Gasteiger partial charge in [-0.2, -0.15) is 0 Å². The van der Waals surface area contributed by atoms with Gasteiger partial charge in [-0.25, -0.2) is 4.79 Å². The highest BCUT2D eigenvalue weighted by Crippen LogP contribution is 2.00. The summed E-state index contributed by atoms with van der Waals surface area (Å²) in [5.41, 5.74) is 5.47. The minimum atomic E-state index is -1.02. The van der Waals surface area contributed by atoms with Crippen LogP contribution in [0.5, 0.6) is 0 Å². The number of hydrogen-bond donors (Lipinski definition) is 2. The van der Waals surface area contributed by atoms with Gasteiger partial charge in [0.25, 0.3) is 0 Å². The lowest BCUT2D eigenvalue weighted by atomic mass is 10.2. The van der Waals surface area contributed by atoms with Crippen molar-refractivity contribution in [3.05, 3.63) is 0 Å². The SMILES string of the molecule is CCC(O)C(=O)OC(C)C(C)N. The number of aliphatic hydroxyl groups is 1. The number of carbonyl (C=O) groups excluding carboxylic acids is 1. The first-order valence-electron chi connectivity index (χ1n) is 4.13. The first-order valence-corrected chi connectivity index (χ1v) is 4.13. The maximum absolute atomic E-state index is 11.0. The normalized spacial score (nSPS) is 18.1. The van der Waals surface area contributed by atoms with Gasteiger partial charge in [-0.05, 0) is 20.3 Å². The van der Waals surface area contributed by atoms with Crippen LogP contribution in [0.1, 0.15) is 27.2 Å². The summed E-state index contributed by atoms with van der Waals surface area (Å²) in [4.78, 5) is 11.0. The Labute approximate surface area is 72.7 Å². The third kappa shape index (κ3) is 3.69. The Balaban J connectivity index is 3.84. The lowest BCUT2D eigenvalue weighted by molar-refractivity contribution is -0.159. The number of rotatable bonds is 4. The highest BCUT2D eigenvalue weighted by atomic mass is 16.6. The first kappa shape index (κ1) is 11.4. The van der Waals surface area contributed by atoms with Gasteiger partial charge in [-0.3, -0.25) is 0 Å². The molecule has 0 saturated carbocycles. The average molecular weight is 175 g/mol. The van der Waals surface area contributed by atoms with Crippen LogP contribution >= 0.6 is 0 Å². The molecule has 4 heteroatoms. The zero-order chi connectivity index (χ0) is 9.72. The van der Waals surface area contributed by atoms with Crippen molar-refractivity contribution in [2.45, 2.75) is 45.4 Å². The van der Waals surface area contributed by atoms with E-state index in [-0.39, 0.29) is 12.1 Å². The van der Waals surface area contributed by atoms with Gasteiger partial charge in [0, 0.05) is 6.04 Å². The molecule has 0 aromatic carbocycles. The van der Waals surface area contributed by atoms with Gasteiger partial charge in [0.05, 0.1) is 0 Å². The van der Waals surface area contributed by atoms with Crippen LogP contribution < -0.4 is 5.73 Å². The molecule has 0 heterocycles. The predicted octanol–water partition coefficient (Wildman–Crippen LogP) is 0.0362. The first-order chi connectivity index (χ1) is 5.49. The molecule has 0 radical (unpaired) electrons. The minimum absolute atomic E-state index is 0.210. The molecule has 0 aliphatic heterocycles. The number of hydrogen-bond acceptors (Lipinski definition) is 4. The molecule has 0 saturated heterocycles. The Morgan fingerprint density at radius 1 is 1.58 bits per heavy atom. The number of aliphatic hydroxyl groups excluding tert-OH is 1. The van der Waals surface area contributed by atoms with E-state index in [9.17, 15) is 4.79 Å². The van der Waals surface area contributed by atoms with Crippen LogP contribution in [0.15, 0.2) is 0 Å². The molecular formula is C8H17NO3. The summed E-state index contributed by atoms with van der Waals surface area (Å²) < 4.78 is 4.85. The fourth-order valence-electron chi connectivity index (χ4n) is 0.536. The van der Waals surface area contributed by atoms with E-state index in [1.165, 1.54) is 0 Å². The molecule has 0 fully saturated rings. The van der Waals surface area contributed by atoms with Gasteiger partial charge in [0.15, 0.2) is 6.10 Å². The lowest BCUT2D eigenvalue weighted by Crippen LogP contribution is -2.36. The highest BCUT2D eigenvalue weighted by Gasteiger charge is 2.18. The summed E-state index contributed by atoms with van der Waals surface area (Å²) in [6, 6.07) is -0.210. The molecule has 0 rings (SSSR count). The molecule has 4 nitrogen and oxygen atoms in total. The minimum Gasteiger partial charge on any atom is -0.459 e. The Morgan fingerprint density at radius 2 is 2.08 bits per heavy atom. The molecule has 0 bridgehead atoms. The third-order valence-corrected chi connectivity index (χ3v) is 1.70. The van der Waals surface area contributed by atoms with E-state index in [1.54, 1.807) is 20.8 Å². The lowest BCUT2D eigenvalue weighted by Gasteiger charge is -2.18. The molecule has 3 N–H and O–H groups in total. The quantitative estimate of drug-likeness (QED) is 0.591. The van der Waals surface area contributed by atoms with Gasteiger partial charge in [-0.1, -0.05) is 6.92 Å². The molecule has 0 spiro atoms. The zero-order valence-corrected chi connectivity index (χ0v) is 7.78. The smallest absolute Gasteiger partial charge is 0.335 e. The standard InChI is InChI=1S/C8H17NO3/c1-4-7(10)8(11)12-6(3)5(2)9/h5-7,10H,4,9H2,1-3H3. The van der Waals surface area contributed by atoms with E-state index in [2.05, 4.69) is 0 Å². The molecule has 0 aliphatic rings. The second-order valence-corrected chi connectivity index (χ2v) is 2.93. The summed E-state index contributed by atoms with van der Waals surface area (Å²) in [6.45, 7) is 5.16. The van der Waals surface area contributed by atoms with Gasteiger partial charge < -0.3 is 15.6 Å². The van der Waals surface area contributed by atoms with Crippen molar-refractivity contribution in [3.8, 4) is 0 Å². The highest BCUT2D eigenvalue weighted by molar-refractivity contribution is 5.74. The molecular weight excluding hydrogens is 158 g/mol. The Kier molecular flexibility index (Phi) is 4.85. The van der Waals surface area contributed by atoms with E-state index in [1.807, 2.05) is 0 Å². The van der Waals surface area contributed by atoms with Gasteiger partial charge in [0.2, 0.25) is 0 Å². The molecule has 12 heavy (non-hydrogen) atoms. The van der Waals surface area contributed by atoms with E-state index < -0.39 is 12.1 Å². The second-order valence-electron chi connectivity index (χ2n) is 2.93. The van der Waals surface area contributed by atoms with Crippen LogP contribution in [-0.4, -0.2) is 29.3 Å². The summed E-state index contributed by atoms with van der Waals surface area (Å²) in [6.07, 6.45) is -1.00. The van der Waals surface area contributed by atoms with Gasteiger partial charge >= 0.3 is 5.97 Å². The van der Waals surface area contributed by atoms with Gasteiger partial charge in [0.1, 0.15) is 6.10 Å². The second kappa shape index (κ2) is 5.11. The topological polar surface area (TPSA) is 72.5 Å². The van der Waals surface area contributed by atoms with E-state index in [0.29, 0.717) is 6.42 Å². The number of nitrogens with two attached hydrogens (primary N) is 1. The van der Waals surface area contributed by atoms with E-state index in [0.717, 1.165) is 0 Å². The van der Waals surface area contributed by atoms with Crippen LogP contribution in [0.4, 0.5) is 0 Å². The predicted molar refractivity (Wildman–Crippen MR) is 45.5 cm³/mol. The van der Waals surface area contributed by atoms with Crippen molar-refractivity contribution in [2.75, 3.05) is 0 Å². The average Bonchev–Trinajstić information content (AvgIpc) is 2.02. The van der Waals surface area contributed by atoms with Crippen LogP contribution in [-0.2, 0) is 9.53 Å². The Hall–Kier alpha value is -0.610. The number of carbonyl (C=O) groups is 1. The van der Waals surface area contributed by atoms with Crippen molar-refractivity contribution in [1.82, 2.24) is 0 Å². The molecule has 0 amide bonds. The molecule has 0 aliphatic carbocycles. The monoisotopic (exact) mass is 175 g/mol. The van der Waals surface area contributed by atoms with Gasteiger partial charge in [-0.15, -0.1) is 0 Å².